The predicted molar refractivity (Wildman–Crippen MR) is 125 cm³/mol. The third kappa shape index (κ3) is 6.01. The van der Waals surface area contributed by atoms with Gasteiger partial charge in [0.2, 0.25) is 5.91 Å². The summed E-state index contributed by atoms with van der Waals surface area (Å²) in [6.07, 6.45) is 3.17. The topological polar surface area (TPSA) is 114 Å². The van der Waals surface area contributed by atoms with Crippen LogP contribution in [0.2, 0.25) is 0 Å². The van der Waals surface area contributed by atoms with E-state index in [9.17, 15) is 14.4 Å². The highest BCUT2D eigenvalue weighted by molar-refractivity contribution is 6.02. The zero-order valence-corrected chi connectivity index (χ0v) is 18.2. The molecule has 3 N–H and O–H groups in total. The van der Waals surface area contributed by atoms with Gasteiger partial charge in [0, 0.05) is 18.7 Å². The van der Waals surface area contributed by atoms with Gasteiger partial charge in [-0.05, 0) is 47.5 Å². The molecule has 0 saturated heterocycles. The molecular weight excluding hydrogens is 434 g/mol. The van der Waals surface area contributed by atoms with Gasteiger partial charge in [0.1, 0.15) is 6.04 Å². The fraction of sp³-hybridized carbons (Fsp3) is 0.115. The fourth-order valence-corrected chi connectivity index (χ4v) is 3.31. The van der Waals surface area contributed by atoms with Crippen LogP contribution in [-0.2, 0) is 17.8 Å². The van der Waals surface area contributed by atoms with Gasteiger partial charge in [-0.3, -0.25) is 14.4 Å². The molecule has 2 aromatic carbocycles. The first kappa shape index (κ1) is 22.6. The lowest BCUT2D eigenvalue weighted by Gasteiger charge is -2.18. The maximum absolute atomic E-state index is 12.9. The smallest absolute Gasteiger partial charge is 0.291 e. The number of nitrogens with one attached hydrogen (secondary N) is 3. The van der Waals surface area contributed by atoms with Crippen molar-refractivity contribution in [3.63, 3.8) is 0 Å². The summed E-state index contributed by atoms with van der Waals surface area (Å²) in [6, 6.07) is 22.1. The van der Waals surface area contributed by atoms with Gasteiger partial charge < -0.3 is 24.8 Å². The van der Waals surface area contributed by atoms with Crippen LogP contribution in [0.3, 0.4) is 0 Å². The number of carbonyl (C=O) groups is 3. The van der Waals surface area contributed by atoms with Crippen molar-refractivity contribution in [1.82, 2.24) is 10.6 Å². The molecule has 0 spiro atoms. The van der Waals surface area contributed by atoms with E-state index in [1.807, 2.05) is 30.3 Å². The van der Waals surface area contributed by atoms with Crippen molar-refractivity contribution in [1.29, 1.82) is 0 Å². The van der Waals surface area contributed by atoms with E-state index in [1.54, 1.807) is 48.5 Å². The maximum Gasteiger partial charge on any atom is 0.291 e. The van der Waals surface area contributed by atoms with Crippen molar-refractivity contribution in [2.24, 2.45) is 0 Å². The lowest BCUT2D eigenvalue weighted by atomic mass is 10.0. The third-order valence-corrected chi connectivity index (χ3v) is 5.07. The Hall–Kier alpha value is -4.59. The zero-order chi connectivity index (χ0) is 23.8. The molecule has 4 rings (SSSR count). The first-order valence-corrected chi connectivity index (χ1v) is 10.7. The number of benzene rings is 2. The van der Waals surface area contributed by atoms with Gasteiger partial charge in [-0.15, -0.1) is 0 Å². The minimum atomic E-state index is -0.785. The molecule has 172 valence electrons. The molecule has 1 atom stereocenters. The molecule has 0 aliphatic carbocycles. The number of furan rings is 2. The molecule has 0 aliphatic heterocycles. The highest BCUT2D eigenvalue weighted by Crippen LogP contribution is 2.12. The van der Waals surface area contributed by atoms with Gasteiger partial charge in [0.15, 0.2) is 11.5 Å². The molecule has 2 heterocycles. The number of amides is 3. The minimum absolute atomic E-state index is 0.137. The van der Waals surface area contributed by atoms with Gasteiger partial charge in [-0.2, -0.15) is 0 Å². The second kappa shape index (κ2) is 10.8. The number of carbonyl (C=O) groups excluding carboxylic acids is 3. The lowest BCUT2D eigenvalue weighted by molar-refractivity contribution is -0.123. The van der Waals surface area contributed by atoms with Gasteiger partial charge in [-0.25, -0.2) is 0 Å². The Labute approximate surface area is 196 Å². The molecule has 0 saturated carbocycles. The molecule has 1 unspecified atom stereocenters. The van der Waals surface area contributed by atoms with Gasteiger partial charge >= 0.3 is 0 Å². The highest BCUT2D eigenvalue weighted by atomic mass is 16.3. The molecule has 3 amide bonds. The first-order valence-electron chi connectivity index (χ1n) is 10.7. The van der Waals surface area contributed by atoms with E-state index >= 15 is 0 Å². The van der Waals surface area contributed by atoms with Crippen molar-refractivity contribution in [2.75, 3.05) is 5.32 Å². The van der Waals surface area contributed by atoms with Crippen molar-refractivity contribution in [3.05, 3.63) is 114 Å². The summed E-state index contributed by atoms with van der Waals surface area (Å²) >= 11 is 0. The number of anilines is 1. The number of hydrogen-bond acceptors (Lipinski definition) is 5. The van der Waals surface area contributed by atoms with Crippen molar-refractivity contribution in [3.8, 4) is 0 Å². The molecule has 2 aromatic heterocycles. The van der Waals surface area contributed by atoms with Crippen LogP contribution < -0.4 is 16.0 Å². The summed E-state index contributed by atoms with van der Waals surface area (Å²) in [5.74, 6) is -0.769. The zero-order valence-electron chi connectivity index (χ0n) is 18.2. The molecule has 34 heavy (non-hydrogen) atoms. The molecule has 0 radical (unpaired) electrons. The second-order valence-electron chi connectivity index (χ2n) is 7.54. The van der Waals surface area contributed by atoms with E-state index in [2.05, 4.69) is 16.0 Å². The lowest BCUT2D eigenvalue weighted by Crippen LogP contribution is -2.47. The van der Waals surface area contributed by atoms with Crippen molar-refractivity contribution >= 4 is 23.4 Å². The Balaban J connectivity index is 1.36. The quantitative estimate of drug-likeness (QED) is 0.354. The minimum Gasteiger partial charge on any atom is -0.459 e. The monoisotopic (exact) mass is 457 g/mol. The first-order chi connectivity index (χ1) is 16.6. The van der Waals surface area contributed by atoms with Gasteiger partial charge in [0.25, 0.3) is 11.8 Å². The van der Waals surface area contributed by atoms with Crippen LogP contribution in [0.15, 0.2) is 100 Å². The van der Waals surface area contributed by atoms with E-state index in [1.165, 1.54) is 12.5 Å². The van der Waals surface area contributed by atoms with Crippen LogP contribution in [0.4, 0.5) is 5.69 Å². The van der Waals surface area contributed by atoms with Crippen molar-refractivity contribution < 1.29 is 23.2 Å². The number of hydrogen-bond donors (Lipinski definition) is 3. The van der Waals surface area contributed by atoms with Crippen molar-refractivity contribution in [2.45, 2.75) is 19.0 Å². The Morgan fingerprint density at radius 2 is 1.35 bits per heavy atom. The Bertz CT molecular complexity index is 1220. The summed E-state index contributed by atoms with van der Waals surface area (Å²) in [4.78, 5) is 37.5. The summed E-state index contributed by atoms with van der Waals surface area (Å²) in [7, 11) is 0. The van der Waals surface area contributed by atoms with Crippen LogP contribution in [0, 0.1) is 0 Å². The molecule has 8 heteroatoms. The van der Waals surface area contributed by atoms with E-state index in [0.717, 1.165) is 11.1 Å². The van der Waals surface area contributed by atoms with Crippen LogP contribution in [0.25, 0.3) is 0 Å². The molecule has 0 fully saturated rings. The Morgan fingerprint density at radius 1 is 0.706 bits per heavy atom. The molecule has 4 aromatic rings. The Morgan fingerprint density at radius 3 is 1.97 bits per heavy atom. The average Bonchev–Trinajstić information content (AvgIpc) is 3.58. The van der Waals surface area contributed by atoms with E-state index in [-0.39, 0.29) is 29.9 Å². The van der Waals surface area contributed by atoms with E-state index < -0.39 is 11.9 Å². The van der Waals surface area contributed by atoms with E-state index in [4.69, 9.17) is 8.83 Å². The summed E-state index contributed by atoms with van der Waals surface area (Å²) < 4.78 is 10.2. The van der Waals surface area contributed by atoms with Crippen LogP contribution in [0.5, 0.6) is 0 Å². The summed E-state index contributed by atoms with van der Waals surface area (Å²) in [5, 5.41) is 8.35. The average molecular weight is 457 g/mol. The van der Waals surface area contributed by atoms with Crippen LogP contribution >= 0.6 is 0 Å². The fourth-order valence-electron chi connectivity index (χ4n) is 3.31. The standard InChI is InChI=1S/C26H23N3O5/c30-24(21(16-18-6-2-1-3-7-18)29-26(32)23-9-5-15-34-23)27-17-19-10-12-20(13-11-19)28-25(31)22-8-4-14-33-22/h1-15,21H,16-17H2,(H,27,30)(H,28,31)(H,29,32). The maximum atomic E-state index is 12.9. The molecular formula is C26H23N3O5. The second-order valence-corrected chi connectivity index (χ2v) is 7.54. The molecule has 0 bridgehead atoms. The normalized spacial score (nSPS) is 11.4. The molecule has 8 nitrogen and oxygen atoms in total. The highest BCUT2D eigenvalue weighted by Gasteiger charge is 2.23. The number of rotatable bonds is 9. The summed E-state index contributed by atoms with van der Waals surface area (Å²) in [5.41, 5.74) is 2.35. The Kier molecular flexibility index (Phi) is 7.19. The van der Waals surface area contributed by atoms with Crippen LogP contribution in [0.1, 0.15) is 32.2 Å². The largest absolute Gasteiger partial charge is 0.459 e. The van der Waals surface area contributed by atoms with Crippen LogP contribution in [-0.4, -0.2) is 23.8 Å². The van der Waals surface area contributed by atoms with Gasteiger partial charge in [-0.1, -0.05) is 42.5 Å². The third-order valence-electron chi connectivity index (χ3n) is 5.07. The predicted octanol–water partition coefficient (Wildman–Crippen LogP) is 3.78. The molecule has 0 aliphatic rings. The SMILES string of the molecule is O=C(Nc1ccc(CNC(=O)C(Cc2ccccc2)NC(=O)c2ccco2)cc1)c1ccco1. The van der Waals surface area contributed by atoms with E-state index in [0.29, 0.717) is 12.1 Å². The summed E-state index contributed by atoms with van der Waals surface area (Å²) in [6.45, 7) is 0.257. The van der Waals surface area contributed by atoms with Gasteiger partial charge in [0.05, 0.1) is 12.5 Å².